The van der Waals surface area contributed by atoms with Crippen molar-refractivity contribution in [3.8, 4) is 0 Å². The molecule has 7 nitrogen and oxygen atoms in total. The Bertz CT molecular complexity index is 368. The Labute approximate surface area is 163 Å². The molecule has 1 rings (SSSR count). The summed E-state index contributed by atoms with van der Waals surface area (Å²) in [5, 5.41) is 6.59. The average molecular weight is 455 g/mol. The van der Waals surface area contributed by atoms with E-state index in [0.29, 0.717) is 0 Å². The first kappa shape index (κ1) is 23.4. The molecule has 1 aliphatic rings. The maximum atomic E-state index is 11.3. The number of guanidine groups is 1. The molecule has 0 aromatic rings. The lowest BCUT2D eigenvalue weighted by Gasteiger charge is -2.31. The van der Waals surface area contributed by atoms with Crippen molar-refractivity contribution >= 4 is 35.8 Å². The largest absolute Gasteiger partial charge is 0.382 e. The highest BCUT2D eigenvalue weighted by Gasteiger charge is 2.23. The molecule has 0 aromatic heterocycles. The van der Waals surface area contributed by atoms with Crippen LogP contribution in [0.3, 0.4) is 0 Å². The van der Waals surface area contributed by atoms with Gasteiger partial charge in [0.25, 0.3) is 0 Å². The van der Waals surface area contributed by atoms with E-state index in [4.69, 9.17) is 10.5 Å². The van der Waals surface area contributed by atoms with Crippen molar-refractivity contribution in [2.75, 3.05) is 53.0 Å². The van der Waals surface area contributed by atoms with E-state index in [0.717, 1.165) is 77.6 Å². The first-order chi connectivity index (χ1) is 11.2. The minimum atomic E-state index is -0.163. The number of nitrogens with zero attached hydrogens (tertiary/aromatic N) is 2. The summed E-state index contributed by atoms with van der Waals surface area (Å²) in [5.74, 6) is 0.691. The summed E-state index contributed by atoms with van der Waals surface area (Å²) in [5.41, 5.74) is 5.41. The van der Waals surface area contributed by atoms with Gasteiger partial charge in [0, 0.05) is 39.9 Å². The minimum Gasteiger partial charge on any atom is -0.382 e. The smallest absolute Gasteiger partial charge is 0.221 e. The average Bonchev–Trinajstić information content (AvgIpc) is 2.56. The molecule has 0 aliphatic carbocycles. The van der Waals surface area contributed by atoms with Crippen molar-refractivity contribution in [1.82, 2.24) is 15.5 Å². The lowest BCUT2D eigenvalue weighted by Crippen LogP contribution is -2.43. The van der Waals surface area contributed by atoms with Crippen LogP contribution in [0.25, 0.3) is 0 Å². The topological polar surface area (TPSA) is 92.0 Å². The van der Waals surface area contributed by atoms with Crippen LogP contribution in [-0.2, 0) is 9.53 Å². The predicted octanol–water partition coefficient (Wildman–Crippen LogP) is 0.783. The third-order valence-electron chi connectivity index (χ3n) is 4.04. The maximum Gasteiger partial charge on any atom is 0.221 e. The van der Waals surface area contributed by atoms with Crippen LogP contribution in [0.1, 0.15) is 32.6 Å². The van der Waals surface area contributed by atoms with Crippen LogP contribution in [0.5, 0.6) is 0 Å². The molecule has 0 radical (unpaired) electrons. The number of carbonyl (C=O) groups excluding carboxylic acids is 1. The highest BCUT2D eigenvalue weighted by molar-refractivity contribution is 14.0. The molecule has 1 heterocycles. The molecular weight excluding hydrogens is 421 g/mol. The Balaban J connectivity index is 0.00000529. The van der Waals surface area contributed by atoms with E-state index in [1.54, 1.807) is 7.05 Å². The molecule has 142 valence electrons. The predicted molar refractivity (Wildman–Crippen MR) is 109 cm³/mol. The molecule has 8 heteroatoms. The van der Waals surface area contributed by atoms with E-state index in [1.807, 2.05) is 6.92 Å². The van der Waals surface area contributed by atoms with Gasteiger partial charge in [-0.3, -0.25) is 9.79 Å². The number of rotatable bonds is 10. The molecule has 4 N–H and O–H groups in total. The van der Waals surface area contributed by atoms with Gasteiger partial charge in [0.15, 0.2) is 5.96 Å². The summed E-state index contributed by atoms with van der Waals surface area (Å²) in [6, 6.07) is 0. The van der Waals surface area contributed by atoms with Gasteiger partial charge in [-0.1, -0.05) is 0 Å². The highest BCUT2D eigenvalue weighted by Crippen LogP contribution is 2.15. The van der Waals surface area contributed by atoms with Gasteiger partial charge in [0.05, 0.1) is 5.92 Å². The summed E-state index contributed by atoms with van der Waals surface area (Å²) < 4.78 is 5.30. The van der Waals surface area contributed by atoms with Gasteiger partial charge < -0.3 is 26.0 Å². The van der Waals surface area contributed by atoms with Crippen molar-refractivity contribution < 1.29 is 9.53 Å². The Morgan fingerprint density at radius 3 is 2.67 bits per heavy atom. The summed E-state index contributed by atoms with van der Waals surface area (Å²) in [7, 11) is 1.78. The molecule has 0 aromatic carbocycles. The van der Waals surface area contributed by atoms with Crippen molar-refractivity contribution in [2.24, 2.45) is 16.6 Å². The number of carbonyl (C=O) groups is 1. The lowest BCUT2D eigenvalue weighted by atomic mass is 9.97. The fourth-order valence-corrected chi connectivity index (χ4v) is 2.75. The first-order valence-electron chi connectivity index (χ1n) is 8.71. The molecule has 1 unspecified atom stereocenters. The third-order valence-corrected chi connectivity index (χ3v) is 4.04. The van der Waals surface area contributed by atoms with E-state index in [2.05, 4.69) is 20.5 Å². The van der Waals surface area contributed by atoms with Gasteiger partial charge in [0.1, 0.15) is 0 Å². The second kappa shape index (κ2) is 14.7. The normalized spacial score (nSPS) is 18.8. The van der Waals surface area contributed by atoms with Crippen molar-refractivity contribution in [1.29, 1.82) is 0 Å². The SMILES string of the molecule is CCOCCCNC(=NC)NCCCN1CCCC(C(N)=O)C1.I. The Hall–Kier alpha value is -0.610. The second-order valence-corrected chi connectivity index (χ2v) is 5.87. The lowest BCUT2D eigenvalue weighted by molar-refractivity contribution is -0.123. The van der Waals surface area contributed by atoms with Gasteiger partial charge in [0.2, 0.25) is 5.91 Å². The van der Waals surface area contributed by atoms with Crippen molar-refractivity contribution in [2.45, 2.75) is 32.6 Å². The number of nitrogens with two attached hydrogens (primary N) is 1. The monoisotopic (exact) mass is 455 g/mol. The third kappa shape index (κ3) is 10.3. The molecule has 0 spiro atoms. The fraction of sp³-hybridized carbons (Fsp3) is 0.875. The zero-order chi connectivity index (χ0) is 16.9. The fourth-order valence-electron chi connectivity index (χ4n) is 2.75. The quantitative estimate of drug-likeness (QED) is 0.196. The zero-order valence-electron chi connectivity index (χ0n) is 15.1. The molecule has 24 heavy (non-hydrogen) atoms. The molecule has 1 aliphatic heterocycles. The standard InChI is InChI=1S/C16H33N5O2.HI/c1-3-23-12-6-9-20-16(18-2)19-8-5-11-21-10-4-7-14(13-21)15(17)22;/h14H,3-13H2,1-2H3,(H2,17,22)(H2,18,19,20);1H. The number of aliphatic imine (C=N–C) groups is 1. The molecule has 1 amide bonds. The van der Waals surface area contributed by atoms with Crippen LogP contribution in [0, 0.1) is 5.92 Å². The van der Waals surface area contributed by atoms with Crippen LogP contribution in [-0.4, -0.2) is 69.8 Å². The van der Waals surface area contributed by atoms with Gasteiger partial charge in [-0.2, -0.15) is 0 Å². The number of piperidine rings is 1. The molecule has 1 atom stereocenters. The second-order valence-electron chi connectivity index (χ2n) is 5.87. The van der Waals surface area contributed by atoms with Gasteiger partial charge in [-0.25, -0.2) is 0 Å². The number of primary amides is 1. The molecule has 1 saturated heterocycles. The van der Waals surface area contributed by atoms with Crippen LogP contribution in [0.4, 0.5) is 0 Å². The molecule has 0 saturated carbocycles. The molecular formula is C16H34IN5O2. The van der Waals surface area contributed by atoms with Crippen molar-refractivity contribution in [3.05, 3.63) is 0 Å². The summed E-state index contributed by atoms with van der Waals surface area (Å²) in [4.78, 5) is 17.8. The summed E-state index contributed by atoms with van der Waals surface area (Å²) in [6.45, 7) is 8.11. The number of hydrogen-bond acceptors (Lipinski definition) is 4. The number of hydrogen-bond donors (Lipinski definition) is 3. The van der Waals surface area contributed by atoms with Crippen LogP contribution in [0.2, 0.25) is 0 Å². The highest BCUT2D eigenvalue weighted by atomic mass is 127. The Kier molecular flexibility index (Phi) is 14.3. The first-order valence-corrected chi connectivity index (χ1v) is 8.71. The van der Waals surface area contributed by atoms with Gasteiger partial charge in [-0.15, -0.1) is 24.0 Å². The van der Waals surface area contributed by atoms with E-state index in [1.165, 1.54) is 0 Å². The summed E-state index contributed by atoms with van der Waals surface area (Å²) >= 11 is 0. The van der Waals surface area contributed by atoms with Crippen molar-refractivity contribution in [3.63, 3.8) is 0 Å². The zero-order valence-corrected chi connectivity index (χ0v) is 17.4. The summed E-state index contributed by atoms with van der Waals surface area (Å²) in [6.07, 6.45) is 3.98. The van der Waals surface area contributed by atoms with E-state index < -0.39 is 0 Å². The Morgan fingerprint density at radius 2 is 2.04 bits per heavy atom. The molecule has 0 bridgehead atoms. The molecule has 1 fully saturated rings. The van der Waals surface area contributed by atoms with Crippen LogP contribution >= 0.6 is 24.0 Å². The number of likely N-dealkylation sites (tertiary alicyclic amines) is 1. The van der Waals surface area contributed by atoms with E-state index in [-0.39, 0.29) is 35.8 Å². The minimum absolute atomic E-state index is 0. The van der Waals surface area contributed by atoms with E-state index >= 15 is 0 Å². The number of halogens is 1. The number of nitrogens with one attached hydrogen (secondary N) is 2. The Morgan fingerprint density at radius 1 is 1.33 bits per heavy atom. The number of ether oxygens (including phenoxy) is 1. The number of amides is 1. The maximum absolute atomic E-state index is 11.3. The van der Waals surface area contributed by atoms with Crippen LogP contribution in [0.15, 0.2) is 4.99 Å². The van der Waals surface area contributed by atoms with Gasteiger partial charge in [-0.05, 0) is 45.7 Å². The van der Waals surface area contributed by atoms with Gasteiger partial charge >= 0.3 is 0 Å². The van der Waals surface area contributed by atoms with E-state index in [9.17, 15) is 4.79 Å². The van der Waals surface area contributed by atoms with Crippen LogP contribution < -0.4 is 16.4 Å².